The summed E-state index contributed by atoms with van der Waals surface area (Å²) in [7, 11) is 0. The molecule has 0 bridgehead atoms. The summed E-state index contributed by atoms with van der Waals surface area (Å²) in [6.45, 7) is 3.56. The summed E-state index contributed by atoms with van der Waals surface area (Å²) in [5.41, 5.74) is 0.809. The van der Waals surface area contributed by atoms with Crippen LogP contribution in [-0.4, -0.2) is 23.5 Å². The van der Waals surface area contributed by atoms with E-state index < -0.39 is 16.9 Å². The number of benzene rings is 1. The standard InChI is InChI=1S/C16H14N4O5S2/c1-3-25-15(21)13-9(2)12(26-8-17)14(27-13)19-16(22)18-10-4-6-11(7-5-10)20(23)24/h4-7H,3H2,1-2H3,(H2,18,19,22). The summed E-state index contributed by atoms with van der Waals surface area (Å²) < 4.78 is 4.98. The van der Waals surface area contributed by atoms with Gasteiger partial charge in [0.05, 0.1) is 16.4 Å². The van der Waals surface area contributed by atoms with E-state index in [1.165, 1.54) is 24.3 Å². The monoisotopic (exact) mass is 406 g/mol. The number of nitrogens with zero attached hydrogens (tertiary/aromatic N) is 2. The van der Waals surface area contributed by atoms with Gasteiger partial charge in [-0.05, 0) is 43.3 Å². The number of anilines is 2. The zero-order valence-electron chi connectivity index (χ0n) is 14.3. The van der Waals surface area contributed by atoms with E-state index in [9.17, 15) is 19.7 Å². The maximum Gasteiger partial charge on any atom is 0.348 e. The van der Waals surface area contributed by atoms with Gasteiger partial charge in [-0.1, -0.05) is 0 Å². The third-order valence-corrected chi connectivity index (χ3v) is 5.39. The van der Waals surface area contributed by atoms with Gasteiger partial charge >= 0.3 is 12.0 Å². The number of thioether (sulfide) groups is 1. The number of nitriles is 1. The first kappa shape index (κ1) is 20.2. The molecule has 0 aliphatic heterocycles. The minimum Gasteiger partial charge on any atom is -0.462 e. The summed E-state index contributed by atoms with van der Waals surface area (Å²) in [5.74, 6) is -0.524. The first-order chi connectivity index (χ1) is 12.9. The Kier molecular flexibility index (Phi) is 6.75. The number of esters is 1. The van der Waals surface area contributed by atoms with Crippen molar-refractivity contribution in [3.8, 4) is 5.40 Å². The Morgan fingerprint density at radius 2 is 2.00 bits per heavy atom. The van der Waals surface area contributed by atoms with Crippen molar-refractivity contribution < 1.29 is 19.2 Å². The van der Waals surface area contributed by atoms with Crippen molar-refractivity contribution in [2.24, 2.45) is 0 Å². The Labute approximate surface area is 162 Å². The van der Waals surface area contributed by atoms with Gasteiger partial charge in [-0.3, -0.25) is 15.4 Å². The lowest BCUT2D eigenvalue weighted by atomic mass is 10.3. The van der Waals surface area contributed by atoms with Crippen molar-refractivity contribution in [3.63, 3.8) is 0 Å². The molecule has 0 atom stereocenters. The molecule has 2 N–H and O–H groups in total. The highest BCUT2D eigenvalue weighted by Gasteiger charge is 2.22. The molecule has 0 radical (unpaired) electrons. The number of thiophene rings is 1. The summed E-state index contributed by atoms with van der Waals surface area (Å²) in [5, 5.41) is 27.0. The molecular formula is C16H14N4O5S2. The number of nitro groups is 1. The molecule has 0 aliphatic carbocycles. The number of ether oxygens (including phenoxy) is 1. The molecular weight excluding hydrogens is 392 g/mol. The summed E-state index contributed by atoms with van der Waals surface area (Å²) >= 11 is 1.84. The van der Waals surface area contributed by atoms with Gasteiger partial charge in [-0.25, -0.2) is 9.59 Å². The maximum absolute atomic E-state index is 12.2. The van der Waals surface area contributed by atoms with Crippen LogP contribution < -0.4 is 10.6 Å². The zero-order chi connectivity index (χ0) is 20.0. The van der Waals surface area contributed by atoms with E-state index in [-0.39, 0.29) is 12.3 Å². The summed E-state index contributed by atoms with van der Waals surface area (Å²) in [6, 6.07) is 4.71. The predicted octanol–water partition coefficient (Wildman–Crippen LogP) is 4.36. The molecule has 1 aromatic carbocycles. The van der Waals surface area contributed by atoms with Gasteiger partial charge in [0.2, 0.25) is 0 Å². The highest BCUT2D eigenvalue weighted by Crippen LogP contribution is 2.40. The third-order valence-electron chi connectivity index (χ3n) is 3.26. The van der Waals surface area contributed by atoms with Crippen molar-refractivity contribution in [1.82, 2.24) is 0 Å². The molecule has 2 rings (SSSR count). The van der Waals surface area contributed by atoms with Crippen molar-refractivity contribution >= 4 is 51.5 Å². The molecule has 11 heteroatoms. The van der Waals surface area contributed by atoms with Crippen LogP contribution in [0.3, 0.4) is 0 Å². The Hall–Kier alpha value is -3.10. The number of carbonyl (C=O) groups is 2. The molecule has 140 valence electrons. The lowest BCUT2D eigenvalue weighted by Gasteiger charge is -2.07. The maximum atomic E-state index is 12.2. The van der Waals surface area contributed by atoms with Crippen molar-refractivity contribution in [1.29, 1.82) is 5.26 Å². The van der Waals surface area contributed by atoms with Crippen molar-refractivity contribution in [2.75, 3.05) is 17.2 Å². The second-order valence-electron chi connectivity index (χ2n) is 5.01. The highest BCUT2D eigenvalue weighted by atomic mass is 32.2. The number of nitro benzene ring substituents is 1. The van der Waals surface area contributed by atoms with Crippen molar-refractivity contribution in [2.45, 2.75) is 18.7 Å². The molecule has 1 aromatic heterocycles. The molecule has 0 saturated heterocycles. The summed E-state index contributed by atoms with van der Waals surface area (Å²) in [4.78, 5) is 35.1. The second kappa shape index (κ2) is 9.02. The van der Waals surface area contributed by atoms with E-state index in [0.29, 0.717) is 26.0 Å². The minimum atomic E-state index is -0.611. The van der Waals surface area contributed by atoms with Crippen LogP contribution in [-0.2, 0) is 4.74 Å². The molecule has 2 aromatic rings. The molecule has 0 fully saturated rings. The van der Waals surface area contributed by atoms with Crippen LogP contribution in [0.2, 0.25) is 0 Å². The quantitative estimate of drug-likeness (QED) is 0.239. The molecule has 0 unspecified atom stereocenters. The largest absolute Gasteiger partial charge is 0.462 e. The summed E-state index contributed by atoms with van der Waals surface area (Å²) in [6.07, 6.45) is 0. The molecule has 1 heterocycles. The van der Waals surface area contributed by atoms with Gasteiger partial charge in [-0.15, -0.1) is 11.3 Å². The topological polar surface area (TPSA) is 134 Å². The number of urea groups is 1. The van der Waals surface area contributed by atoms with Gasteiger partial charge in [0, 0.05) is 17.8 Å². The average molecular weight is 406 g/mol. The Balaban J connectivity index is 2.18. The fourth-order valence-corrected chi connectivity index (χ4v) is 3.87. The van der Waals surface area contributed by atoms with Crippen LogP contribution in [0, 0.1) is 27.7 Å². The molecule has 0 spiro atoms. The highest BCUT2D eigenvalue weighted by molar-refractivity contribution is 8.04. The number of non-ortho nitro benzene ring substituents is 1. The van der Waals surface area contributed by atoms with Crippen LogP contribution in [0.1, 0.15) is 22.2 Å². The molecule has 0 aliphatic rings. The Morgan fingerprint density at radius 3 is 2.56 bits per heavy atom. The normalized spacial score (nSPS) is 9.96. The van der Waals surface area contributed by atoms with Gasteiger partial charge in [0.15, 0.2) is 0 Å². The van der Waals surface area contributed by atoms with Crippen LogP contribution in [0.4, 0.5) is 21.2 Å². The molecule has 9 nitrogen and oxygen atoms in total. The smallest absolute Gasteiger partial charge is 0.348 e. The molecule has 27 heavy (non-hydrogen) atoms. The van der Waals surface area contributed by atoms with Crippen LogP contribution in [0.25, 0.3) is 0 Å². The second-order valence-corrected chi connectivity index (χ2v) is 6.83. The van der Waals surface area contributed by atoms with Crippen LogP contribution >= 0.6 is 23.1 Å². The van der Waals surface area contributed by atoms with Gasteiger partial charge in [-0.2, -0.15) is 5.26 Å². The number of rotatable bonds is 6. The number of hydrogen-bond acceptors (Lipinski definition) is 8. The number of thiocyanates is 1. The SMILES string of the molecule is CCOC(=O)c1sc(NC(=O)Nc2ccc([N+](=O)[O-])cc2)c(SC#N)c1C. The van der Waals surface area contributed by atoms with E-state index >= 15 is 0 Å². The average Bonchev–Trinajstić information content (AvgIpc) is 2.92. The molecule has 0 saturated carbocycles. The Morgan fingerprint density at radius 1 is 1.33 bits per heavy atom. The third kappa shape index (κ3) is 4.96. The van der Waals surface area contributed by atoms with E-state index in [2.05, 4.69) is 10.6 Å². The van der Waals surface area contributed by atoms with E-state index in [4.69, 9.17) is 10.00 Å². The first-order valence-electron chi connectivity index (χ1n) is 7.56. The lowest BCUT2D eigenvalue weighted by Crippen LogP contribution is -2.19. The van der Waals surface area contributed by atoms with Crippen LogP contribution in [0.15, 0.2) is 29.2 Å². The lowest BCUT2D eigenvalue weighted by molar-refractivity contribution is -0.384. The fourth-order valence-electron chi connectivity index (χ4n) is 2.07. The number of hydrogen-bond donors (Lipinski definition) is 2. The Bertz CT molecular complexity index is 918. The van der Waals surface area contributed by atoms with Gasteiger partial charge < -0.3 is 10.1 Å². The molecule has 2 amide bonds. The first-order valence-corrected chi connectivity index (χ1v) is 9.19. The van der Waals surface area contributed by atoms with Crippen LogP contribution in [0.5, 0.6) is 0 Å². The van der Waals surface area contributed by atoms with Gasteiger partial charge in [0.25, 0.3) is 5.69 Å². The number of carbonyl (C=O) groups excluding carboxylic acids is 2. The van der Waals surface area contributed by atoms with E-state index in [1.807, 2.05) is 5.40 Å². The fraction of sp³-hybridized carbons (Fsp3) is 0.188. The van der Waals surface area contributed by atoms with E-state index in [1.54, 1.807) is 13.8 Å². The number of nitrogens with one attached hydrogen (secondary N) is 2. The van der Waals surface area contributed by atoms with E-state index in [0.717, 1.165) is 23.1 Å². The minimum absolute atomic E-state index is 0.0957. The van der Waals surface area contributed by atoms with Crippen molar-refractivity contribution in [3.05, 3.63) is 44.8 Å². The zero-order valence-corrected chi connectivity index (χ0v) is 15.9. The van der Waals surface area contributed by atoms with Gasteiger partial charge in [0.1, 0.15) is 15.3 Å². The predicted molar refractivity (Wildman–Crippen MR) is 102 cm³/mol. The number of amides is 2.